The molecule has 6 nitrogen and oxygen atoms in total. The molecule has 20 heavy (non-hydrogen) atoms. The van der Waals surface area contributed by atoms with Gasteiger partial charge in [-0.2, -0.15) is 0 Å². The van der Waals surface area contributed by atoms with Crippen molar-refractivity contribution in [2.75, 3.05) is 13.1 Å². The Hall–Kier alpha value is -2.21. The number of amides is 1. The quantitative estimate of drug-likeness (QED) is 0.878. The van der Waals surface area contributed by atoms with Crippen LogP contribution in [-0.2, 0) is 0 Å². The van der Waals surface area contributed by atoms with Gasteiger partial charge in [0.1, 0.15) is 0 Å². The Balaban J connectivity index is 1.68. The van der Waals surface area contributed by atoms with Crippen LogP contribution in [0.3, 0.4) is 0 Å². The Morgan fingerprint density at radius 2 is 2.45 bits per heavy atom. The summed E-state index contributed by atoms with van der Waals surface area (Å²) in [6.45, 7) is 1.82. The highest BCUT2D eigenvalue weighted by molar-refractivity contribution is 5.93. The summed E-state index contributed by atoms with van der Waals surface area (Å²) >= 11 is 0. The van der Waals surface area contributed by atoms with E-state index in [1.54, 1.807) is 18.5 Å². The number of carbonyl (C=O) groups excluding carboxylic acids is 1. The average Bonchev–Trinajstić information content (AvgIpc) is 2.99. The first kappa shape index (κ1) is 12.8. The number of hydrogen-bond donors (Lipinski definition) is 2. The Morgan fingerprint density at radius 1 is 1.50 bits per heavy atom. The van der Waals surface area contributed by atoms with Gasteiger partial charge in [-0.05, 0) is 31.5 Å². The molecule has 3 rings (SSSR count). The molecule has 104 valence electrons. The monoisotopic (exact) mass is 272 g/mol. The lowest BCUT2D eigenvalue weighted by Gasteiger charge is -2.23. The number of nitrogens with one attached hydrogen (secondary N) is 2. The third kappa shape index (κ3) is 2.85. The maximum absolute atomic E-state index is 12.1. The van der Waals surface area contributed by atoms with Gasteiger partial charge in [-0.1, -0.05) is 5.16 Å². The summed E-state index contributed by atoms with van der Waals surface area (Å²) in [5, 5.41) is 10.0. The lowest BCUT2D eigenvalue weighted by Crippen LogP contribution is -2.45. The first-order chi connectivity index (χ1) is 9.83. The Bertz CT molecular complexity index is 576. The lowest BCUT2D eigenvalue weighted by molar-refractivity contribution is 0.0921. The fourth-order valence-corrected chi connectivity index (χ4v) is 2.26. The molecular weight excluding hydrogens is 256 g/mol. The van der Waals surface area contributed by atoms with Crippen molar-refractivity contribution in [2.24, 2.45) is 0 Å². The van der Waals surface area contributed by atoms with Crippen molar-refractivity contribution in [3.63, 3.8) is 0 Å². The van der Waals surface area contributed by atoms with Crippen molar-refractivity contribution in [1.29, 1.82) is 0 Å². The van der Waals surface area contributed by atoms with E-state index in [4.69, 9.17) is 4.52 Å². The molecule has 3 heterocycles. The highest BCUT2D eigenvalue weighted by Crippen LogP contribution is 2.18. The molecule has 2 aromatic rings. The number of hydrogen-bond acceptors (Lipinski definition) is 5. The van der Waals surface area contributed by atoms with Crippen LogP contribution in [0.25, 0.3) is 11.3 Å². The van der Waals surface area contributed by atoms with E-state index in [2.05, 4.69) is 20.8 Å². The van der Waals surface area contributed by atoms with E-state index >= 15 is 0 Å². The van der Waals surface area contributed by atoms with Gasteiger partial charge in [0.25, 0.3) is 5.91 Å². The van der Waals surface area contributed by atoms with Gasteiger partial charge in [0, 0.05) is 36.6 Å². The zero-order valence-electron chi connectivity index (χ0n) is 11.0. The first-order valence-corrected chi connectivity index (χ1v) is 6.71. The molecule has 2 N–H and O–H groups in total. The van der Waals surface area contributed by atoms with Crippen LogP contribution in [0.1, 0.15) is 23.3 Å². The molecule has 0 aromatic carbocycles. The molecule has 1 aliphatic heterocycles. The van der Waals surface area contributed by atoms with Crippen molar-refractivity contribution in [1.82, 2.24) is 20.8 Å². The van der Waals surface area contributed by atoms with Gasteiger partial charge in [0.15, 0.2) is 11.5 Å². The molecule has 0 bridgehead atoms. The number of piperidine rings is 1. The van der Waals surface area contributed by atoms with Crippen LogP contribution in [0.2, 0.25) is 0 Å². The van der Waals surface area contributed by atoms with Crippen LogP contribution in [0.4, 0.5) is 0 Å². The zero-order chi connectivity index (χ0) is 13.8. The summed E-state index contributed by atoms with van der Waals surface area (Å²) in [7, 11) is 0. The third-order valence-corrected chi connectivity index (χ3v) is 3.32. The van der Waals surface area contributed by atoms with E-state index in [0.29, 0.717) is 11.5 Å². The summed E-state index contributed by atoms with van der Waals surface area (Å²) in [4.78, 5) is 16.1. The fraction of sp³-hybridized carbons (Fsp3) is 0.357. The molecule has 0 spiro atoms. The Labute approximate surface area is 116 Å². The minimum atomic E-state index is -0.197. The molecule has 0 radical (unpaired) electrons. The number of nitrogens with zero attached hydrogens (tertiary/aromatic N) is 2. The van der Waals surface area contributed by atoms with E-state index < -0.39 is 0 Å². The van der Waals surface area contributed by atoms with Gasteiger partial charge < -0.3 is 15.2 Å². The van der Waals surface area contributed by atoms with Crippen LogP contribution in [0.5, 0.6) is 0 Å². The number of aromatic nitrogens is 2. The second-order valence-corrected chi connectivity index (χ2v) is 4.83. The molecule has 0 saturated carbocycles. The van der Waals surface area contributed by atoms with Gasteiger partial charge in [-0.3, -0.25) is 9.78 Å². The predicted octanol–water partition coefficient (Wildman–Crippen LogP) is 1.22. The highest BCUT2D eigenvalue weighted by Gasteiger charge is 2.19. The van der Waals surface area contributed by atoms with E-state index in [1.165, 1.54) is 0 Å². The van der Waals surface area contributed by atoms with E-state index in [1.807, 2.05) is 12.1 Å². The predicted molar refractivity (Wildman–Crippen MR) is 73.1 cm³/mol. The van der Waals surface area contributed by atoms with Crippen LogP contribution in [0, 0.1) is 0 Å². The third-order valence-electron chi connectivity index (χ3n) is 3.32. The molecular formula is C14H16N4O2. The van der Waals surface area contributed by atoms with Crippen molar-refractivity contribution in [3.8, 4) is 11.3 Å². The van der Waals surface area contributed by atoms with Crippen molar-refractivity contribution < 1.29 is 9.32 Å². The summed E-state index contributed by atoms with van der Waals surface area (Å²) < 4.78 is 5.19. The summed E-state index contributed by atoms with van der Waals surface area (Å²) in [5.74, 6) is 0.350. The molecule has 0 unspecified atom stereocenters. The van der Waals surface area contributed by atoms with Gasteiger partial charge in [-0.15, -0.1) is 0 Å². The number of pyridine rings is 1. The van der Waals surface area contributed by atoms with E-state index in [-0.39, 0.29) is 11.9 Å². The Morgan fingerprint density at radius 3 is 3.20 bits per heavy atom. The SMILES string of the molecule is O=C(N[C@H]1CCCNC1)c1cc(-c2cccnc2)on1. The van der Waals surface area contributed by atoms with Crippen molar-refractivity contribution in [2.45, 2.75) is 18.9 Å². The van der Waals surface area contributed by atoms with Gasteiger partial charge >= 0.3 is 0 Å². The van der Waals surface area contributed by atoms with E-state index in [0.717, 1.165) is 31.5 Å². The minimum absolute atomic E-state index is 0.162. The zero-order valence-corrected chi connectivity index (χ0v) is 11.0. The van der Waals surface area contributed by atoms with Crippen molar-refractivity contribution >= 4 is 5.91 Å². The molecule has 1 amide bonds. The highest BCUT2D eigenvalue weighted by atomic mass is 16.5. The number of carbonyl (C=O) groups is 1. The molecule has 2 aromatic heterocycles. The minimum Gasteiger partial charge on any atom is -0.355 e. The normalized spacial score (nSPS) is 18.7. The summed E-state index contributed by atoms with van der Waals surface area (Å²) in [6.07, 6.45) is 5.42. The number of rotatable bonds is 3. The van der Waals surface area contributed by atoms with Gasteiger partial charge in [0.2, 0.25) is 0 Å². The molecule has 6 heteroatoms. The van der Waals surface area contributed by atoms with E-state index in [9.17, 15) is 4.79 Å². The maximum atomic E-state index is 12.1. The molecule has 1 saturated heterocycles. The summed E-state index contributed by atoms with van der Waals surface area (Å²) in [6, 6.07) is 5.48. The van der Waals surface area contributed by atoms with Gasteiger partial charge in [-0.25, -0.2) is 0 Å². The fourth-order valence-electron chi connectivity index (χ4n) is 2.26. The second-order valence-electron chi connectivity index (χ2n) is 4.83. The topological polar surface area (TPSA) is 80.0 Å². The average molecular weight is 272 g/mol. The first-order valence-electron chi connectivity index (χ1n) is 6.71. The van der Waals surface area contributed by atoms with Crippen LogP contribution in [0.15, 0.2) is 35.1 Å². The van der Waals surface area contributed by atoms with Crippen LogP contribution in [-0.4, -0.2) is 35.2 Å². The lowest BCUT2D eigenvalue weighted by atomic mass is 10.1. The molecule has 0 aliphatic carbocycles. The largest absolute Gasteiger partial charge is 0.355 e. The maximum Gasteiger partial charge on any atom is 0.273 e. The smallest absolute Gasteiger partial charge is 0.273 e. The molecule has 1 fully saturated rings. The van der Waals surface area contributed by atoms with Gasteiger partial charge in [0.05, 0.1) is 0 Å². The van der Waals surface area contributed by atoms with Crippen molar-refractivity contribution in [3.05, 3.63) is 36.3 Å². The standard InChI is InChI=1S/C14H16N4O2/c19-14(17-11-4-2-6-16-9-11)12-7-13(20-18-12)10-3-1-5-15-8-10/h1,3,5,7-8,11,16H,2,4,6,9H2,(H,17,19)/t11-/m0/s1. The summed E-state index contributed by atoms with van der Waals surface area (Å²) in [5.41, 5.74) is 1.10. The van der Waals surface area contributed by atoms with Crippen LogP contribution >= 0.6 is 0 Å². The molecule has 1 atom stereocenters. The Kier molecular flexibility index (Phi) is 3.73. The second kappa shape index (κ2) is 5.83. The molecule has 1 aliphatic rings. The van der Waals surface area contributed by atoms with Crippen LogP contribution < -0.4 is 10.6 Å².